The normalized spacial score (nSPS) is 24.2. The molecule has 2 N–H and O–H groups in total. The summed E-state index contributed by atoms with van der Waals surface area (Å²) in [5, 5.41) is 6.28. The standard InChI is InChI=1S/C18H25N3O3.ClH/c1-21(15-9-13-5-6-14(10-15)20-13)17(22)11-19-18(23)12-3-7-16(24-2)8-4-12;/h3-4,7-8,13-15,20H,5-6,9-11H2,1-2H3,(H,19,23);1H. The lowest BCUT2D eigenvalue weighted by Gasteiger charge is -2.35. The van der Waals surface area contributed by atoms with Crippen molar-refractivity contribution in [2.45, 2.75) is 43.8 Å². The van der Waals surface area contributed by atoms with Crippen LogP contribution >= 0.6 is 12.4 Å². The molecule has 0 aliphatic carbocycles. The van der Waals surface area contributed by atoms with Gasteiger partial charge >= 0.3 is 0 Å². The first-order chi connectivity index (χ1) is 11.6. The molecule has 2 heterocycles. The summed E-state index contributed by atoms with van der Waals surface area (Å²) >= 11 is 0. The zero-order valence-corrected chi connectivity index (χ0v) is 15.5. The molecule has 0 saturated carbocycles. The van der Waals surface area contributed by atoms with E-state index in [-0.39, 0.29) is 36.8 Å². The highest BCUT2D eigenvalue weighted by molar-refractivity contribution is 5.96. The molecule has 2 aliphatic rings. The average Bonchev–Trinajstić information content (AvgIpc) is 2.96. The fraction of sp³-hybridized carbons (Fsp3) is 0.556. The maximum Gasteiger partial charge on any atom is 0.251 e. The van der Waals surface area contributed by atoms with Crippen LogP contribution in [0, 0.1) is 0 Å². The van der Waals surface area contributed by atoms with E-state index in [4.69, 9.17) is 4.74 Å². The van der Waals surface area contributed by atoms with E-state index >= 15 is 0 Å². The number of halogens is 1. The first-order valence-corrected chi connectivity index (χ1v) is 8.50. The van der Waals surface area contributed by atoms with Gasteiger partial charge in [-0.05, 0) is 49.9 Å². The van der Waals surface area contributed by atoms with Gasteiger partial charge in [0.25, 0.3) is 5.91 Å². The van der Waals surface area contributed by atoms with Gasteiger partial charge in [-0.15, -0.1) is 12.4 Å². The number of fused-ring (bicyclic) bond motifs is 2. The summed E-state index contributed by atoms with van der Waals surface area (Å²) in [7, 11) is 3.42. The fourth-order valence-electron chi connectivity index (χ4n) is 3.67. The van der Waals surface area contributed by atoms with E-state index in [1.165, 1.54) is 12.8 Å². The number of methoxy groups -OCH3 is 1. The van der Waals surface area contributed by atoms with E-state index in [2.05, 4.69) is 10.6 Å². The van der Waals surface area contributed by atoms with Crippen molar-refractivity contribution >= 4 is 24.2 Å². The Hall–Kier alpha value is -1.79. The number of amides is 2. The van der Waals surface area contributed by atoms with Crippen LogP contribution in [0.2, 0.25) is 0 Å². The molecule has 7 heteroatoms. The maximum atomic E-state index is 12.4. The summed E-state index contributed by atoms with van der Waals surface area (Å²) in [6, 6.07) is 8.19. The number of hydrogen-bond donors (Lipinski definition) is 2. The Morgan fingerprint density at radius 2 is 1.80 bits per heavy atom. The van der Waals surface area contributed by atoms with Gasteiger partial charge in [-0.3, -0.25) is 9.59 Å². The van der Waals surface area contributed by atoms with E-state index in [0.29, 0.717) is 23.4 Å². The fourth-order valence-corrected chi connectivity index (χ4v) is 3.67. The van der Waals surface area contributed by atoms with Gasteiger partial charge in [0.05, 0.1) is 13.7 Å². The number of likely N-dealkylation sites (N-methyl/N-ethyl adjacent to an activating group) is 1. The van der Waals surface area contributed by atoms with E-state index < -0.39 is 0 Å². The van der Waals surface area contributed by atoms with Crippen molar-refractivity contribution in [3.8, 4) is 5.75 Å². The van der Waals surface area contributed by atoms with Gasteiger partial charge in [0.2, 0.25) is 5.91 Å². The van der Waals surface area contributed by atoms with Crippen LogP contribution in [0.1, 0.15) is 36.0 Å². The van der Waals surface area contributed by atoms with Crippen molar-refractivity contribution in [3.05, 3.63) is 29.8 Å². The summed E-state index contributed by atoms with van der Waals surface area (Å²) in [5.41, 5.74) is 0.520. The first kappa shape index (κ1) is 19.5. The Bertz CT molecular complexity index is 596. The molecule has 25 heavy (non-hydrogen) atoms. The number of ether oxygens (including phenoxy) is 1. The topological polar surface area (TPSA) is 70.7 Å². The minimum Gasteiger partial charge on any atom is -0.497 e. The van der Waals surface area contributed by atoms with Gasteiger partial charge in [0, 0.05) is 30.7 Å². The van der Waals surface area contributed by atoms with Crippen molar-refractivity contribution in [3.63, 3.8) is 0 Å². The van der Waals surface area contributed by atoms with Gasteiger partial charge in [0.1, 0.15) is 5.75 Å². The van der Waals surface area contributed by atoms with Crippen molar-refractivity contribution < 1.29 is 14.3 Å². The van der Waals surface area contributed by atoms with Crippen LogP contribution in [0.4, 0.5) is 0 Å². The van der Waals surface area contributed by atoms with E-state index in [1.54, 1.807) is 36.3 Å². The molecule has 0 radical (unpaired) electrons. The highest BCUT2D eigenvalue weighted by Crippen LogP contribution is 2.29. The molecule has 2 amide bonds. The lowest BCUT2D eigenvalue weighted by Crippen LogP contribution is -2.50. The second kappa shape index (κ2) is 8.54. The molecule has 2 fully saturated rings. The third kappa shape index (κ3) is 4.64. The molecule has 2 aliphatic heterocycles. The van der Waals surface area contributed by atoms with Crippen LogP contribution in [0.5, 0.6) is 5.75 Å². The lowest BCUT2D eigenvalue weighted by molar-refractivity contribution is -0.131. The minimum atomic E-state index is -0.246. The Morgan fingerprint density at radius 1 is 1.20 bits per heavy atom. The Balaban J connectivity index is 0.00000225. The second-order valence-electron chi connectivity index (χ2n) is 6.68. The molecule has 138 valence electrons. The minimum absolute atomic E-state index is 0. The largest absolute Gasteiger partial charge is 0.497 e. The number of benzene rings is 1. The number of carbonyl (C=O) groups is 2. The van der Waals surface area contributed by atoms with Gasteiger partial charge in [-0.2, -0.15) is 0 Å². The van der Waals surface area contributed by atoms with Crippen molar-refractivity contribution in [1.29, 1.82) is 0 Å². The Labute approximate surface area is 154 Å². The van der Waals surface area contributed by atoms with Crippen LogP contribution in [0.25, 0.3) is 0 Å². The highest BCUT2D eigenvalue weighted by atomic mass is 35.5. The molecule has 2 bridgehead atoms. The smallest absolute Gasteiger partial charge is 0.251 e. The van der Waals surface area contributed by atoms with E-state index in [0.717, 1.165) is 12.8 Å². The summed E-state index contributed by atoms with van der Waals surface area (Å²) < 4.78 is 5.07. The first-order valence-electron chi connectivity index (χ1n) is 8.50. The third-order valence-corrected chi connectivity index (χ3v) is 5.14. The summed E-state index contributed by atoms with van der Waals surface area (Å²) in [5.74, 6) is 0.413. The van der Waals surface area contributed by atoms with Crippen molar-refractivity contribution in [1.82, 2.24) is 15.5 Å². The average molecular weight is 368 g/mol. The van der Waals surface area contributed by atoms with Crippen LogP contribution < -0.4 is 15.4 Å². The van der Waals surface area contributed by atoms with E-state index in [9.17, 15) is 9.59 Å². The summed E-state index contributed by atoms with van der Waals surface area (Å²) in [6.07, 6.45) is 4.42. The predicted molar refractivity (Wildman–Crippen MR) is 98.3 cm³/mol. The van der Waals surface area contributed by atoms with Gasteiger partial charge in [0.15, 0.2) is 0 Å². The van der Waals surface area contributed by atoms with Crippen molar-refractivity contribution in [2.24, 2.45) is 0 Å². The molecule has 2 atom stereocenters. The van der Waals surface area contributed by atoms with Crippen LogP contribution in [0.3, 0.4) is 0 Å². The number of rotatable bonds is 5. The van der Waals surface area contributed by atoms with Gasteiger partial charge in [-0.25, -0.2) is 0 Å². The maximum absolute atomic E-state index is 12.4. The molecular formula is C18H26ClN3O3. The van der Waals surface area contributed by atoms with Crippen molar-refractivity contribution in [2.75, 3.05) is 20.7 Å². The molecular weight excluding hydrogens is 342 g/mol. The third-order valence-electron chi connectivity index (χ3n) is 5.14. The zero-order valence-electron chi connectivity index (χ0n) is 14.7. The second-order valence-corrected chi connectivity index (χ2v) is 6.68. The summed E-state index contributed by atoms with van der Waals surface area (Å²) in [6.45, 7) is 0.0284. The zero-order chi connectivity index (χ0) is 17.1. The van der Waals surface area contributed by atoms with Crippen LogP contribution in [-0.2, 0) is 4.79 Å². The molecule has 0 aromatic heterocycles. The van der Waals surface area contributed by atoms with Crippen LogP contribution in [-0.4, -0.2) is 55.5 Å². The predicted octanol–water partition coefficient (Wildman–Crippen LogP) is 1.59. The van der Waals surface area contributed by atoms with Gasteiger partial charge < -0.3 is 20.3 Å². The molecule has 0 spiro atoms. The number of nitrogens with zero attached hydrogens (tertiary/aromatic N) is 1. The molecule has 1 aromatic rings. The number of nitrogens with one attached hydrogen (secondary N) is 2. The molecule has 2 saturated heterocycles. The molecule has 6 nitrogen and oxygen atoms in total. The van der Waals surface area contributed by atoms with Crippen LogP contribution in [0.15, 0.2) is 24.3 Å². The quantitative estimate of drug-likeness (QED) is 0.829. The lowest BCUT2D eigenvalue weighted by atomic mass is 9.98. The summed E-state index contributed by atoms with van der Waals surface area (Å²) in [4.78, 5) is 26.3. The molecule has 1 aromatic carbocycles. The Morgan fingerprint density at radius 3 is 2.36 bits per heavy atom. The monoisotopic (exact) mass is 367 g/mol. The Kier molecular flexibility index (Phi) is 6.67. The highest BCUT2D eigenvalue weighted by Gasteiger charge is 2.36. The van der Waals surface area contributed by atoms with Gasteiger partial charge in [-0.1, -0.05) is 0 Å². The number of hydrogen-bond acceptors (Lipinski definition) is 4. The molecule has 3 rings (SSSR count). The number of carbonyl (C=O) groups excluding carboxylic acids is 2. The number of piperidine rings is 1. The molecule has 2 unspecified atom stereocenters. The van der Waals surface area contributed by atoms with E-state index in [1.807, 2.05) is 7.05 Å². The SMILES string of the molecule is COc1ccc(C(=O)NCC(=O)N(C)C2CC3CCC(C2)N3)cc1.Cl.